The molecule has 0 aromatic heterocycles. The van der Waals surface area contributed by atoms with E-state index < -0.39 is 8.80 Å². The molecule has 32 heavy (non-hydrogen) atoms. The van der Waals surface area contributed by atoms with E-state index in [1.54, 1.807) is 0 Å². The monoisotopic (exact) mass is 465 g/mol. The average molecular weight is 466 g/mol. The van der Waals surface area contributed by atoms with E-state index in [9.17, 15) is 4.79 Å². The third-order valence-electron chi connectivity index (χ3n) is 6.13. The first-order valence-corrected chi connectivity index (χ1v) is 14.4. The number of carbonyl (C=O) groups is 1. The Hall–Kier alpha value is -1.41. The number of hydrogen-bond acceptors (Lipinski definition) is 5. The van der Waals surface area contributed by atoms with E-state index in [2.05, 4.69) is 35.6 Å². The van der Waals surface area contributed by atoms with E-state index in [-0.39, 0.29) is 6.09 Å². The molecule has 1 aliphatic rings. The van der Waals surface area contributed by atoms with Gasteiger partial charge < -0.3 is 23.3 Å². The number of amides is 1. The zero-order chi connectivity index (χ0) is 23.1. The van der Waals surface area contributed by atoms with Gasteiger partial charge >= 0.3 is 14.9 Å². The number of nitrogens with one attached hydrogen (secondary N) is 1. The van der Waals surface area contributed by atoms with Crippen LogP contribution in [-0.2, 0) is 18.0 Å². The lowest BCUT2D eigenvalue weighted by atomic mass is 9.77. The number of hydrogen-bond donors (Lipinski definition) is 1. The first-order chi connectivity index (χ1) is 15.6. The minimum Gasteiger partial charge on any atom is -0.450 e. The molecule has 0 atom stereocenters. The Labute approximate surface area is 195 Å². The second-order valence-corrected chi connectivity index (χ2v) is 11.2. The van der Waals surface area contributed by atoms with Gasteiger partial charge in [0.05, 0.1) is 6.61 Å². The molecule has 2 rings (SSSR count). The summed E-state index contributed by atoms with van der Waals surface area (Å²) in [6, 6.07) is 11.6. The summed E-state index contributed by atoms with van der Waals surface area (Å²) in [6.07, 6.45) is 7.57. The van der Waals surface area contributed by atoms with Crippen LogP contribution in [0.1, 0.15) is 77.2 Å². The van der Waals surface area contributed by atoms with Crippen molar-refractivity contribution in [2.75, 3.05) is 33.0 Å². The first kappa shape index (κ1) is 26.8. The SMILES string of the molecule is CCO[Si](CCCNC(=O)OCCCC1CCC(c2ccccc2)CC1)(OCC)OCC. The van der Waals surface area contributed by atoms with Gasteiger partial charge in [0.25, 0.3) is 0 Å². The van der Waals surface area contributed by atoms with Crippen molar-refractivity contribution >= 4 is 14.9 Å². The number of alkyl carbamates (subject to hydrolysis) is 1. The highest BCUT2D eigenvalue weighted by molar-refractivity contribution is 6.60. The Bertz CT molecular complexity index is 605. The van der Waals surface area contributed by atoms with E-state index in [1.807, 2.05) is 20.8 Å². The Kier molecular flexibility index (Phi) is 12.9. The molecule has 1 aliphatic carbocycles. The third kappa shape index (κ3) is 9.61. The Morgan fingerprint density at radius 1 is 0.938 bits per heavy atom. The van der Waals surface area contributed by atoms with Crippen LogP contribution in [-0.4, -0.2) is 47.9 Å². The Morgan fingerprint density at radius 2 is 1.56 bits per heavy atom. The zero-order valence-electron chi connectivity index (χ0n) is 20.3. The lowest BCUT2D eigenvalue weighted by Gasteiger charge is -2.28. The molecule has 0 aliphatic heterocycles. The normalized spacial score (nSPS) is 19.0. The first-order valence-electron chi connectivity index (χ1n) is 12.5. The van der Waals surface area contributed by atoms with Gasteiger partial charge in [-0.05, 0) is 83.1 Å². The van der Waals surface area contributed by atoms with Crippen LogP contribution >= 0.6 is 0 Å². The summed E-state index contributed by atoms with van der Waals surface area (Å²) in [5, 5.41) is 2.84. The summed E-state index contributed by atoms with van der Waals surface area (Å²) in [5.74, 6) is 1.47. The van der Waals surface area contributed by atoms with Gasteiger partial charge in [0.15, 0.2) is 0 Å². The van der Waals surface area contributed by atoms with Crippen molar-refractivity contribution in [1.82, 2.24) is 5.32 Å². The molecular formula is C25H43NO5Si. The van der Waals surface area contributed by atoms with Crippen molar-refractivity contribution in [1.29, 1.82) is 0 Å². The van der Waals surface area contributed by atoms with E-state index in [0.717, 1.165) is 25.2 Å². The molecule has 1 fully saturated rings. The van der Waals surface area contributed by atoms with Crippen molar-refractivity contribution in [3.63, 3.8) is 0 Å². The van der Waals surface area contributed by atoms with E-state index in [4.69, 9.17) is 18.0 Å². The standard InChI is InChI=1S/C25H43NO5Si/c1-4-29-32(30-5-2,31-6-3)21-11-19-26-25(27)28-20-10-12-22-15-17-24(18-16-22)23-13-8-7-9-14-23/h7-9,13-14,22,24H,4-6,10-12,15-21H2,1-3H3,(H,26,27). The highest BCUT2D eigenvalue weighted by Crippen LogP contribution is 2.37. The molecule has 7 heteroatoms. The van der Waals surface area contributed by atoms with Crippen molar-refractivity contribution < 1.29 is 22.8 Å². The fraction of sp³-hybridized carbons (Fsp3) is 0.720. The number of benzene rings is 1. The predicted molar refractivity (Wildman–Crippen MR) is 130 cm³/mol. The lowest BCUT2D eigenvalue weighted by molar-refractivity contribution is 0.0706. The van der Waals surface area contributed by atoms with E-state index in [0.29, 0.717) is 44.9 Å². The van der Waals surface area contributed by atoms with Gasteiger partial charge in [0.2, 0.25) is 0 Å². The fourth-order valence-corrected chi connectivity index (χ4v) is 7.21. The van der Waals surface area contributed by atoms with Crippen LogP contribution in [0, 0.1) is 5.92 Å². The summed E-state index contributed by atoms with van der Waals surface area (Å²) >= 11 is 0. The molecular weight excluding hydrogens is 422 g/mol. The van der Waals surface area contributed by atoms with Crippen LogP contribution in [0.3, 0.4) is 0 Å². The van der Waals surface area contributed by atoms with Gasteiger partial charge in [0, 0.05) is 32.4 Å². The molecule has 6 nitrogen and oxygen atoms in total. The van der Waals surface area contributed by atoms with Crippen LogP contribution in [0.5, 0.6) is 0 Å². The Morgan fingerprint density at radius 3 is 2.16 bits per heavy atom. The second-order valence-electron chi connectivity index (χ2n) is 8.42. The van der Waals surface area contributed by atoms with Crippen LogP contribution in [0.4, 0.5) is 4.79 Å². The highest BCUT2D eigenvalue weighted by atomic mass is 28.4. The van der Waals surface area contributed by atoms with Crippen LogP contribution in [0.15, 0.2) is 30.3 Å². The quantitative estimate of drug-likeness (QED) is 0.258. The molecule has 0 heterocycles. The van der Waals surface area contributed by atoms with E-state index in [1.165, 1.54) is 31.2 Å². The van der Waals surface area contributed by atoms with Gasteiger partial charge in [0.1, 0.15) is 0 Å². The molecule has 0 spiro atoms. The average Bonchev–Trinajstić information content (AvgIpc) is 2.81. The van der Waals surface area contributed by atoms with Crippen molar-refractivity contribution in [2.45, 2.75) is 77.7 Å². The Balaban J connectivity index is 1.54. The molecule has 1 amide bonds. The number of rotatable bonds is 15. The molecule has 0 saturated heterocycles. The van der Waals surface area contributed by atoms with Gasteiger partial charge in [-0.25, -0.2) is 4.79 Å². The molecule has 1 saturated carbocycles. The summed E-state index contributed by atoms with van der Waals surface area (Å²) in [5.41, 5.74) is 1.48. The largest absolute Gasteiger partial charge is 0.500 e. The minimum absolute atomic E-state index is 0.339. The summed E-state index contributed by atoms with van der Waals surface area (Å²) in [7, 11) is -2.64. The van der Waals surface area contributed by atoms with Gasteiger partial charge in [-0.2, -0.15) is 0 Å². The maximum atomic E-state index is 12.0. The fourth-order valence-electron chi connectivity index (χ4n) is 4.59. The molecule has 1 aromatic carbocycles. The summed E-state index contributed by atoms with van der Waals surface area (Å²) < 4.78 is 22.9. The van der Waals surface area contributed by atoms with Gasteiger partial charge in [-0.3, -0.25) is 0 Å². The molecule has 0 radical (unpaired) electrons. The number of ether oxygens (including phenoxy) is 1. The number of carbonyl (C=O) groups excluding carboxylic acids is 1. The third-order valence-corrected chi connectivity index (χ3v) is 9.28. The van der Waals surface area contributed by atoms with Crippen LogP contribution in [0.25, 0.3) is 0 Å². The topological polar surface area (TPSA) is 66.0 Å². The summed E-state index contributed by atoms with van der Waals surface area (Å²) in [6.45, 7) is 8.56. The van der Waals surface area contributed by atoms with Crippen molar-refractivity contribution in [2.24, 2.45) is 5.92 Å². The van der Waals surface area contributed by atoms with Gasteiger partial charge in [-0.15, -0.1) is 0 Å². The maximum Gasteiger partial charge on any atom is 0.500 e. The molecule has 0 unspecified atom stereocenters. The van der Waals surface area contributed by atoms with E-state index >= 15 is 0 Å². The maximum absolute atomic E-state index is 12.0. The lowest BCUT2D eigenvalue weighted by Crippen LogP contribution is -2.46. The molecule has 182 valence electrons. The van der Waals surface area contributed by atoms with Crippen LogP contribution < -0.4 is 5.32 Å². The molecule has 1 aromatic rings. The predicted octanol–water partition coefficient (Wildman–Crippen LogP) is 5.91. The smallest absolute Gasteiger partial charge is 0.450 e. The zero-order valence-corrected chi connectivity index (χ0v) is 21.3. The summed E-state index contributed by atoms with van der Waals surface area (Å²) in [4.78, 5) is 12.0. The molecule has 0 bridgehead atoms. The van der Waals surface area contributed by atoms with Crippen molar-refractivity contribution in [3.05, 3.63) is 35.9 Å². The molecule has 1 N–H and O–H groups in total. The van der Waals surface area contributed by atoms with Crippen LogP contribution in [0.2, 0.25) is 6.04 Å². The minimum atomic E-state index is -2.64. The second kappa shape index (κ2) is 15.4. The van der Waals surface area contributed by atoms with Gasteiger partial charge in [-0.1, -0.05) is 30.3 Å². The highest BCUT2D eigenvalue weighted by Gasteiger charge is 2.39. The van der Waals surface area contributed by atoms with Crippen molar-refractivity contribution in [3.8, 4) is 0 Å².